The van der Waals surface area contributed by atoms with E-state index in [1.165, 1.54) is 27.2 Å². The normalized spacial score (nSPS) is 14.0. The van der Waals surface area contributed by atoms with Crippen molar-refractivity contribution in [2.45, 2.75) is 25.1 Å². The fourth-order valence-electron chi connectivity index (χ4n) is 2.00. The summed E-state index contributed by atoms with van der Waals surface area (Å²) in [5.74, 6) is -4.59. The molecule has 120 valence electrons. The molecule has 0 spiro atoms. The van der Waals surface area contributed by atoms with Gasteiger partial charge in [0.15, 0.2) is 11.5 Å². The Bertz CT molecular complexity index is 502. The number of hydrogen-bond acceptors (Lipinski definition) is 3. The van der Waals surface area contributed by atoms with Gasteiger partial charge in [-0.3, -0.25) is 0 Å². The van der Waals surface area contributed by atoms with Gasteiger partial charge in [0.1, 0.15) is 6.04 Å². The molecule has 0 heterocycles. The third-order valence-corrected chi connectivity index (χ3v) is 3.11. The van der Waals surface area contributed by atoms with Crippen molar-refractivity contribution >= 4 is 0 Å². The Kier molecular flexibility index (Phi) is 5.03. The summed E-state index contributed by atoms with van der Waals surface area (Å²) in [7, 11) is 3.66. The lowest BCUT2D eigenvalue weighted by Gasteiger charge is -2.30. The largest absolute Gasteiger partial charge is 0.493 e. The van der Waals surface area contributed by atoms with Crippen molar-refractivity contribution < 1.29 is 31.4 Å². The van der Waals surface area contributed by atoms with Crippen LogP contribution in [0.4, 0.5) is 22.0 Å². The zero-order chi connectivity index (χ0) is 16.4. The molecule has 0 radical (unpaired) electrons. The summed E-state index contributed by atoms with van der Waals surface area (Å²) in [4.78, 5) is 0. The molecule has 0 aliphatic heterocycles. The molecule has 1 N–H and O–H groups in total. The number of hydrogen-bond donors (Lipinski definition) is 1. The second-order valence-corrected chi connectivity index (χ2v) is 4.41. The van der Waals surface area contributed by atoms with Crippen LogP contribution in [-0.2, 0) is 0 Å². The molecule has 0 saturated carbocycles. The van der Waals surface area contributed by atoms with E-state index < -0.39 is 18.1 Å². The minimum atomic E-state index is -5.67. The van der Waals surface area contributed by atoms with Crippen LogP contribution in [0.1, 0.15) is 17.2 Å². The van der Waals surface area contributed by atoms with Crippen molar-refractivity contribution in [1.82, 2.24) is 5.32 Å². The van der Waals surface area contributed by atoms with Crippen molar-refractivity contribution in [3.8, 4) is 11.5 Å². The summed E-state index contributed by atoms with van der Waals surface area (Å²) in [6, 6.07) is 0.247. The van der Waals surface area contributed by atoms with Gasteiger partial charge in [0.05, 0.1) is 14.2 Å². The van der Waals surface area contributed by atoms with E-state index in [4.69, 9.17) is 9.47 Å². The van der Waals surface area contributed by atoms with Crippen LogP contribution in [0.3, 0.4) is 0 Å². The van der Waals surface area contributed by atoms with Crippen LogP contribution in [0, 0.1) is 6.92 Å². The van der Waals surface area contributed by atoms with E-state index in [0.29, 0.717) is 0 Å². The van der Waals surface area contributed by atoms with Gasteiger partial charge in [0.25, 0.3) is 0 Å². The summed E-state index contributed by atoms with van der Waals surface area (Å²) in [5, 5.41) is 2.03. The lowest BCUT2D eigenvalue weighted by molar-refractivity contribution is -0.294. The Labute approximate surface area is 119 Å². The number of ether oxygens (including phenoxy) is 2. The maximum absolute atomic E-state index is 13.6. The van der Waals surface area contributed by atoms with E-state index in [9.17, 15) is 22.0 Å². The summed E-state index contributed by atoms with van der Waals surface area (Å²) < 4.78 is 74.9. The average molecular weight is 313 g/mol. The second kappa shape index (κ2) is 6.05. The van der Waals surface area contributed by atoms with Crippen molar-refractivity contribution in [3.63, 3.8) is 0 Å². The highest BCUT2D eigenvalue weighted by molar-refractivity contribution is 5.48. The fraction of sp³-hybridized carbons (Fsp3) is 0.538. The molecule has 1 unspecified atom stereocenters. The highest BCUT2D eigenvalue weighted by atomic mass is 19.4. The lowest BCUT2D eigenvalue weighted by atomic mass is 9.95. The standard InChI is InChI=1S/C13H16F5NO2/c1-7-5-9(20-3)10(21-4)6-8(7)11(19-2)12(14,15)13(16,17)18/h5-6,11,19H,1-4H3. The fourth-order valence-corrected chi connectivity index (χ4v) is 2.00. The summed E-state index contributed by atoms with van der Waals surface area (Å²) in [5.41, 5.74) is 0.0217. The first-order chi connectivity index (χ1) is 9.60. The van der Waals surface area contributed by atoms with Crippen molar-refractivity contribution in [2.75, 3.05) is 21.3 Å². The molecule has 3 nitrogen and oxygen atoms in total. The molecule has 1 atom stereocenters. The molecular formula is C13H16F5NO2. The van der Waals surface area contributed by atoms with Gasteiger partial charge in [-0.1, -0.05) is 0 Å². The van der Waals surface area contributed by atoms with Crippen LogP contribution in [-0.4, -0.2) is 33.4 Å². The number of halogens is 5. The van der Waals surface area contributed by atoms with Gasteiger partial charge < -0.3 is 14.8 Å². The summed E-state index contributed by atoms with van der Waals surface area (Å²) in [6.07, 6.45) is -5.67. The number of rotatable bonds is 5. The van der Waals surface area contributed by atoms with Crippen molar-refractivity contribution in [3.05, 3.63) is 23.3 Å². The number of nitrogens with one attached hydrogen (secondary N) is 1. The van der Waals surface area contributed by atoms with Gasteiger partial charge >= 0.3 is 12.1 Å². The molecule has 0 aromatic heterocycles. The minimum Gasteiger partial charge on any atom is -0.493 e. The molecule has 0 aliphatic rings. The van der Waals surface area contributed by atoms with Gasteiger partial charge in [-0.15, -0.1) is 0 Å². The van der Waals surface area contributed by atoms with E-state index in [-0.39, 0.29) is 22.6 Å². The Hall–Kier alpha value is -1.57. The average Bonchev–Trinajstić information content (AvgIpc) is 2.39. The van der Waals surface area contributed by atoms with E-state index in [0.717, 1.165) is 13.1 Å². The Morgan fingerprint density at radius 2 is 1.48 bits per heavy atom. The van der Waals surface area contributed by atoms with Crippen LogP contribution < -0.4 is 14.8 Å². The predicted octanol–water partition coefficient (Wildman–Crippen LogP) is 3.47. The number of alkyl halides is 5. The quantitative estimate of drug-likeness (QED) is 0.844. The van der Waals surface area contributed by atoms with Crippen LogP contribution >= 0.6 is 0 Å². The van der Waals surface area contributed by atoms with Crippen LogP contribution in [0.2, 0.25) is 0 Å². The SMILES string of the molecule is CNC(c1cc(OC)c(OC)cc1C)C(F)(F)C(F)(F)F. The third kappa shape index (κ3) is 3.20. The van der Waals surface area contributed by atoms with Gasteiger partial charge in [-0.2, -0.15) is 22.0 Å². The maximum atomic E-state index is 13.6. The number of methoxy groups -OCH3 is 2. The first-order valence-electron chi connectivity index (χ1n) is 5.94. The molecule has 0 saturated heterocycles. The molecular weight excluding hydrogens is 297 g/mol. The van der Waals surface area contributed by atoms with Crippen LogP contribution in [0.25, 0.3) is 0 Å². The van der Waals surface area contributed by atoms with Gasteiger partial charge in [0, 0.05) is 0 Å². The van der Waals surface area contributed by atoms with Crippen molar-refractivity contribution in [1.29, 1.82) is 0 Å². The molecule has 8 heteroatoms. The third-order valence-electron chi connectivity index (χ3n) is 3.11. The monoisotopic (exact) mass is 313 g/mol. The highest BCUT2D eigenvalue weighted by Crippen LogP contribution is 2.46. The predicted molar refractivity (Wildman–Crippen MR) is 67.1 cm³/mol. The second-order valence-electron chi connectivity index (χ2n) is 4.41. The van der Waals surface area contributed by atoms with Gasteiger partial charge in [0.2, 0.25) is 0 Å². The molecule has 21 heavy (non-hydrogen) atoms. The topological polar surface area (TPSA) is 30.5 Å². The Morgan fingerprint density at radius 1 is 1.00 bits per heavy atom. The molecule has 0 amide bonds. The zero-order valence-electron chi connectivity index (χ0n) is 11.9. The maximum Gasteiger partial charge on any atom is 0.455 e. The molecule has 1 rings (SSSR count). The van der Waals surface area contributed by atoms with E-state index >= 15 is 0 Å². The van der Waals surface area contributed by atoms with E-state index in [2.05, 4.69) is 0 Å². The summed E-state index contributed by atoms with van der Waals surface area (Å²) in [6.45, 7) is 1.42. The zero-order valence-corrected chi connectivity index (χ0v) is 11.9. The molecule has 0 aliphatic carbocycles. The smallest absolute Gasteiger partial charge is 0.455 e. The van der Waals surface area contributed by atoms with Gasteiger partial charge in [-0.25, -0.2) is 0 Å². The van der Waals surface area contributed by atoms with Crippen LogP contribution in [0.15, 0.2) is 12.1 Å². The van der Waals surface area contributed by atoms with E-state index in [1.54, 1.807) is 0 Å². The lowest BCUT2D eigenvalue weighted by Crippen LogP contribution is -2.47. The molecule has 0 fully saturated rings. The molecule has 1 aromatic rings. The first kappa shape index (κ1) is 17.5. The first-order valence-corrected chi connectivity index (χ1v) is 5.94. The highest BCUT2D eigenvalue weighted by Gasteiger charge is 2.62. The number of benzene rings is 1. The van der Waals surface area contributed by atoms with Crippen molar-refractivity contribution in [2.24, 2.45) is 0 Å². The van der Waals surface area contributed by atoms with Gasteiger partial charge in [-0.05, 0) is 37.2 Å². The molecule has 0 bridgehead atoms. The Morgan fingerprint density at radius 3 is 1.86 bits per heavy atom. The number of aryl methyl sites for hydroxylation is 1. The van der Waals surface area contributed by atoms with Crippen LogP contribution in [0.5, 0.6) is 11.5 Å². The summed E-state index contributed by atoms with van der Waals surface area (Å²) >= 11 is 0. The molecule has 1 aromatic carbocycles. The Balaban J connectivity index is 3.42. The minimum absolute atomic E-state index is 0.0799. The van der Waals surface area contributed by atoms with E-state index in [1.807, 2.05) is 5.32 Å².